The van der Waals surface area contributed by atoms with Crippen LogP contribution in [-0.4, -0.2) is 85.3 Å². The van der Waals surface area contributed by atoms with E-state index in [2.05, 4.69) is 28.9 Å². The number of hydrogen-bond donors (Lipinski definition) is 0. The summed E-state index contributed by atoms with van der Waals surface area (Å²) >= 11 is 0. The molecule has 9 heteroatoms. The Hall–Kier alpha value is -3.36. The van der Waals surface area contributed by atoms with Crippen molar-refractivity contribution in [3.63, 3.8) is 0 Å². The molecule has 1 aliphatic heterocycles. The highest BCUT2D eigenvalue weighted by Crippen LogP contribution is 2.32. The minimum Gasteiger partial charge on any atom is -0.493 e. The second-order valence-corrected chi connectivity index (χ2v) is 9.95. The molecule has 0 N–H and O–H groups in total. The van der Waals surface area contributed by atoms with Crippen LogP contribution in [0.1, 0.15) is 33.1 Å². The van der Waals surface area contributed by atoms with E-state index < -0.39 is 0 Å². The van der Waals surface area contributed by atoms with Gasteiger partial charge in [0.1, 0.15) is 0 Å². The first kappa shape index (κ1) is 25.7. The molecule has 0 unspecified atom stereocenters. The zero-order valence-corrected chi connectivity index (χ0v) is 21.8. The molecule has 1 aromatic heterocycles. The maximum atomic E-state index is 13.1. The molecule has 2 fully saturated rings. The van der Waals surface area contributed by atoms with Crippen LogP contribution in [0.3, 0.4) is 0 Å². The Balaban J connectivity index is 1.37. The second-order valence-electron chi connectivity index (χ2n) is 9.95. The SMILES string of the molecule is COc1ccc(-c2ccc(N3CCCN(C(=O)CN(CC(C)C)C(=O)C4CC4)CC3)nn2)cc1OC. The summed E-state index contributed by atoms with van der Waals surface area (Å²) in [4.78, 5) is 31.6. The van der Waals surface area contributed by atoms with Crippen molar-refractivity contribution in [2.75, 3.05) is 58.4 Å². The van der Waals surface area contributed by atoms with Crippen LogP contribution in [-0.2, 0) is 9.59 Å². The molecular weight excluding hydrogens is 458 g/mol. The topological polar surface area (TPSA) is 88.1 Å². The summed E-state index contributed by atoms with van der Waals surface area (Å²) in [5.74, 6) is 2.72. The van der Waals surface area contributed by atoms with Crippen molar-refractivity contribution in [3.05, 3.63) is 30.3 Å². The molecule has 2 aromatic rings. The quantitative estimate of drug-likeness (QED) is 0.528. The van der Waals surface area contributed by atoms with Gasteiger partial charge in [-0.1, -0.05) is 13.8 Å². The Kier molecular flexibility index (Phi) is 8.28. The molecule has 194 valence electrons. The summed E-state index contributed by atoms with van der Waals surface area (Å²) in [6.45, 7) is 7.72. The van der Waals surface area contributed by atoms with E-state index in [4.69, 9.17) is 9.47 Å². The average Bonchev–Trinajstić information content (AvgIpc) is 3.74. The lowest BCUT2D eigenvalue weighted by molar-refractivity contribution is -0.141. The van der Waals surface area contributed by atoms with Crippen LogP contribution in [0.2, 0.25) is 0 Å². The Morgan fingerprint density at radius 1 is 1.00 bits per heavy atom. The third-order valence-electron chi connectivity index (χ3n) is 6.65. The molecule has 4 rings (SSSR count). The summed E-state index contributed by atoms with van der Waals surface area (Å²) in [6, 6.07) is 9.58. The molecule has 1 saturated carbocycles. The number of methoxy groups -OCH3 is 2. The first-order valence-electron chi connectivity index (χ1n) is 12.8. The molecule has 1 aromatic carbocycles. The van der Waals surface area contributed by atoms with Gasteiger partial charge in [-0.3, -0.25) is 9.59 Å². The molecule has 2 amide bonds. The van der Waals surface area contributed by atoms with E-state index in [0.717, 1.165) is 42.9 Å². The van der Waals surface area contributed by atoms with Gasteiger partial charge in [0.25, 0.3) is 0 Å². The lowest BCUT2D eigenvalue weighted by atomic mass is 10.1. The Morgan fingerprint density at radius 2 is 1.78 bits per heavy atom. The van der Waals surface area contributed by atoms with Gasteiger partial charge in [-0.05, 0) is 55.5 Å². The molecule has 1 aliphatic carbocycles. The Morgan fingerprint density at radius 3 is 2.42 bits per heavy atom. The highest BCUT2D eigenvalue weighted by Gasteiger charge is 2.35. The number of aromatic nitrogens is 2. The number of hydrogen-bond acceptors (Lipinski definition) is 7. The van der Waals surface area contributed by atoms with Crippen molar-refractivity contribution in [2.24, 2.45) is 11.8 Å². The molecule has 0 radical (unpaired) electrons. The third-order valence-corrected chi connectivity index (χ3v) is 6.65. The van der Waals surface area contributed by atoms with E-state index in [-0.39, 0.29) is 24.3 Å². The summed E-state index contributed by atoms with van der Waals surface area (Å²) in [5.41, 5.74) is 1.64. The van der Waals surface area contributed by atoms with Gasteiger partial charge < -0.3 is 24.2 Å². The van der Waals surface area contributed by atoms with Crippen LogP contribution >= 0.6 is 0 Å². The number of carbonyl (C=O) groups is 2. The molecule has 0 atom stereocenters. The first-order valence-corrected chi connectivity index (χ1v) is 12.8. The summed E-state index contributed by atoms with van der Waals surface area (Å²) in [6.07, 6.45) is 2.74. The minimum atomic E-state index is 0.0291. The lowest BCUT2D eigenvalue weighted by Gasteiger charge is -2.28. The van der Waals surface area contributed by atoms with Crippen molar-refractivity contribution in [2.45, 2.75) is 33.1 Å². The molecule has 9 nitrogen and oxygen atoms in total. The lowest BCUT2D eigenvalue weighted by Crippen LogP contribution is -2.45. The first-order chi connectivity index (χ1) is 17.4. The zero-order chi connectivity index (χ0) is 25.7. The van der Waals surface area contributed by atoms with E-state index >= 15 is 0 Å². The molecule has 0 spiro atoms. The summed E-state index contributed by atoms with van der Waals surface area (Å²) < 4.78 is 10.7. The van der Waals surface area contributed by atoms with Crippen molar-refractivity contribution >= 4 is 17.6 Å². The van der Waals surface area contributed by atoms with Gasteiger partial charge in [0, 0.05) is 44.2 Å². The maximum Gasteiger partial charge on any atom is 0.242 e. The van der Waals surface area contributed by atoms with Gasteiger partial charge in [0.15, 0.2) is 17.3 Å². The Labute approximate surface area is 213 Å². The predicted octanol–water partition coefficient (Wildman–Crippen LogP) is 3.09. The van der Waals surface area contributed by atoms with Gasteiger partial charge in [-0.2, -0.15) is 0 Å². The molecule has 1 saturated heterocycles. The fraction of sp³-hybridized carbons (Fsp3) is 0.556. The second kappa shape index (κ2) is 11.6. The van der Waals surface area contributed by atoms with Crippen LogP contribution in [0.4, 0.5) is 5.82 Å². The van der Waals surface area contributed by atoms with Crippen LogP contribution in [0.15, 0.2) is 30.3 Å². The van der Waals surface area contributed by atoms with Crippen LogP contribution < -0.4 is 14.4 Å². The monoisotopic (exact) mass is 495 g/mol. The predicted molar refractivity (Wildman–Crippen MR) is 138 cm³/mol. The zero-order valence-electron chi connectivity index (χ0n) is 21.8. The third kappa shape index (κ3) is 6.25. The maximum absolute atomic E-state index is 13.1. The number of benzene rings is 1. The van der Waals surface area contributed by atoms with Gasteiger partial charge in [-0.25, -0.2) is 0 Å². The molecule has 36 heavy (non-hydrogen) atoms. The van der Waals surface area contributed by atoms with Crippen molar-refractivity contribution in [3.8, 4) is 22.8 Å². The molecule has 2 aliphatic rings. The van der Waals surface area contributed by atoms with Gasteiger partial charge >= 0.3 is 0 Å². The summed E-state index contributed by atoms with van der Waals surface area (Å²) in [7, 11) is 3.22. The normalized spacial score (nSPS) is 16.0. The van der Waals surface area contributed by atoms with Crippen molar-refractivity contribution < 1.29 is 19.1 Å². The fourth-order valence-corrected chi connectivity index (χ4v) is 4.56. The number of ether oxygens (including phenoxy) is 2. The van der Waals surface area contributed by atoms with Gasteiger partial charge in [0.2, 0.25) is 11.8 Å². The van der Waals surface area contributed by atoms with Crippen LogP contribution in [0.5, 0.6) is 11.5 Å². The molecular formula is C27H37N5O4. The number of nitrogens with zero attached hydrogens (tertiary/aromatic N) is 5. The molecule has 0 bridgehead atoms. The fourth-order valence-electron chi connectivity index (χ4n) is 4.56. The van der Waals surface area contributed by atoms with E-state index in [1.165, 1.54) is 0 Å². The Bertz CT molecular complexity index is 1050. The van der Waals surface area contributed by atoms with Gasteiger partial charge in [0.05, 0.1) is 26.5 Å². The average molecular weight is 496 g/mol. The van der Waals surface area contributed by atoms with E-state index in [1.54, 1.807) is 19.1 Å². The van der Waals surface area contributed by atoms with Crippen molar-refractivity contribution in [1.82, 2.24) is 20.0 Å². The smallest absolute Gasteiger partial charge is 0.242 e. The van der Waals surface area contributed by atoms with E-state index in [9.17, 15) is 9.59 Å². The molecule has 2 heterocycles. The highest BCUT2D eigenvalue weighted by atomic mass is 16.5. The van der Waals surface area contributed by atoms with E-state index in [0.29, 0.717) is 43.6 Å². The number of rotatable bonds is 9. The minimum absolute atomic E-state index is 0.0291. The van der Waals surface area contributed by atoms with Gasteiger partial charge in [-0.15, -0.1) is 10.2 Å². The van der Waals surface area contributed by atoms with Crippen LogP contribution in [0.25, 0.3) is 11.3 Å². The van der Waals surface area contributed by atoms with Crippen LogP contribution in [0, 0.1) is 11.8 Å². The number of anilines is 1. The number of carbonyl (C=O) groups excluding carboxylic acids is 2. The largest absolute Gasteiger partial charge is 0.493 e. The van der Waals surface area contributed by atoms with E-state index in [1.807, 2.05) is 35.2 Å². The highest BCUT2D eigenvalue weighted by molar-refractivity contribution is 5.87. The number of amides is 2. The summed E-state index contributed by atoms with van der Waals surface area (Å²) in [5, 5.41) is 8.90. The standard InChI is InChI=1S/C27H37N5O4/c1-19(2)17-32(27(34)20-6-7-20)18-26(33)31-13-5-12-30(14-15-31)25-11-9-22(28-29-25)21-8-10-23(35-3)24(16-21)36-4/h8-11,16,19-20H,5-7,12-15,17-18H2,1-4H3. The van der Waals surface area contributed by atoms with Crippen molar-refractivity contribution in [1.29, 1.82) is 0 Å².